The number of rotatable bonds is 3. The first-order valence-electron chi connectivity index (χ1n) is 5.59. The molecule has 2 unspecified atom stereocenters. The Morgan fingerprint density at radius 2 is 2.15 bits per heavy atom. The van der Waals surface area contributed by atoms with Crippen LogP contribution in [-0.2, 0) is 0 Å². The fourth-order valence-electron chi connectivity index (χ4n) is 2.97. The van der Waals surface area contributed by atoms with Crippen molar-refractivity contribution in [3.63, 3.8) is 0 Å². The highest BCUT2D eigenvalue weighted by Crippen LogP contribution is 2.63. The standard InChI is InChI=1S/C13H20/c1-4-11-9-13(11,5-2)12-7-6-10(3)8-12/h6-7,11H,4-5,8-9H2,1-3H3. The van der Waals surface area contributed by atoms with E-state index in [0.29, 0.717) is 5.41 Å². The maximum absolute atomic E-state index is 2.38. The molecular formula is C13H20. The van der Waals surface area contributed by atoms with Crippen molar-refractivity contribution in [2.24, 2.45) is 11.3 Å². The van der Waals surface area contributed by atoms with E-state index < -0.39 is 0 Å². The molecule has 0 N–H and O–H groups in total. The van der Waals surface area contributed by atoms with Crippen LogP contribution < -0.4 is 0 Å². The van der Waals surface area contributed by atoms with Crippen molar-refractivity contribution in [1.82, 2.24) is 0 Å². The topological polar surface area (TPSA) is 0 Å². The second kappa shape index (κ2) is 3.01. The minimum atomic E-state index is 0.628. The maximum atomic E-state index is 2.38. The van der Waals surface area contributed by atoms with Gasteiger partial charge in [0.25, 0.3) is 0 Å². The lowest BCUT2D eigenvalue weighted by Crippen LogP contribution is -2.05. The summed E-state index contributed by atoms with van der Waals surface area (Å²) in [6.07, 6.45) is 10.1. The van der Waals surface area contributed by atoms with Gasteiger partial charge in [0, 0.05) is 0 Å². The quantitative estimate of drug-likeness (QED) is 0.607. The van der Waals surface area contributed by atoms with Crippen molar-refractivity contribution in [2.45, 2.75) is 46.5 Å². The first-order valence-corrected chi connectivity index (χ1v) is 5.59. The number of hydrogen-bond acceptors (Lipinski definition) is 0. The van der Waals surface area contributed by atoms with Crippen LogP contribution in [0.4, 0.5) is 0 Å². The van der Waals surface area contributed by atoms with Crippen molar-refractivity contribution >= 4 is 0 Å². The zero-order chi connectivity index (χ0) is 9.47. The third-order valence-electron chi connectivity index (χ3n) is 4.03. The molecule has 0 saturated heterocycles. The molecule has 0 amide bonds. The van der Waals surface area contributed by atoms with Gasteiger partial charge in [-0.15, -0.1) is 0 Å². The van der Waals surface area contributed by atoms with E-state index in [1.807, 2.05) is 0 Å². The van der Waals surface area contributed by atoms with E-state index in [1.165, 1.54) is 25.7 Å². The monoisotopic (exact) mass is 176 g/mol. The highest BCUT2D eigenvalue weighted by molar-refractivity contribution is 5.38. The normalized spacial score (nSPS) is 37.3. The van der Waals surface area contributed by atoms with E-state index in [4.69, 9.17) is 0 Å². The van der Waals surface area contributed by atoms with E-state index in [9.17, 15) is 0 Å². The smallest absolute Gasteiger partial charge is 0.00530 e. The van der Waals surface area contributed by atoms with Crippen molar-refractivity contribution in [3.05, 3.63) is 23.3 Å². The van der Waals surface area contributed by atoms with Crippen LogP contribution in [0.15, 0.2) is 23.3 Å². The van der Waals surface area contributed by atoms with Gasteiger partial charge in [0.2, 0.25) is 0 Å². The highest BCUT2D eigenvalue weighted by atomic mass is 14.6. The maximum Gasteiger partial charge on any atom is -0.00530 e. The van der Waals surface area contributed by atoms with Gasteiger partial charge in [-0.1, -0.05) is 43.6 Å². The van der Waals surface area contributed by atoms with Crippen LogP contribution in [0, 0.1) is 11.3 Å². The van der Waals surface area contributed by atoms with Gasteiger partial charge in [0.05, 0.1) is 0 Å². The van der Waals surface area contributed by atoms with Crippen LogP contribution in [0.1, 0.15) is 46.5 Å². The molecule has 0 aromatic carbocycles. The Balaban J connectivity index is 2.09. The molecule has 0 spiro atoms. The van der Waals surface area contributed by atoms with Gasteiger partial charge in [-0.3, -0.25) is 0 Å². The summed E-state index contributed by atoms with van der Waals surface area (Å²) < 4.78 is 0. The zero-order valence-electron chi connectivity index (χ0n) is 9.06. The number of allylic oxidation sites excluding steroid dienone is 4. The largest absolute Gasteiger partial charge is 0.0692 e. The number of hydrogen-bond donors (Lipinski definition) is 0. The van der Waals surface area contributed by atoms with Crippen LogP contribution in [0.5, 0.6) is 0 Å². The van der Waals surface area contributed by atoms with Crippen LogP contribution in [0.2, 0.25) is 0 Å². The first-order chi connectivity index (χ1) is 6.23. The molecule has 13 heavy (non-hydrogen) atoms. The molecule has 0 aromatic rings. The summed E-state index contributed by atoms with van der Waals surface area (Å²) in [5.74, 6) is 0.989. The van der Waals surface area contributed by atoms with Gasteiger partial charge in [-0.25, -0.2) is 0 Å². The SMILES string of the molecule is CCC1CC1(CC)C1=CC=C(C)C1. The Morgan fingerprint density at radius 1 is 1.38 bits per heavy atom. The van der Waals surface area contributed by atoms with Gasteiger partial charge in [0.1, 0.15) is 0 Å². The molecule has 0 aromatic heterocycles. The van der Waals surface area contributed by atoms with E-state index in [2.05, 4.69) is 32.9 Å². The molecular weight excluding hydrogens is 156 g/mol. The Morgan fingerprint density at radius 3 is 2.54 bits per heavy atom. The molecule has 72 valence electrons. The third kappa shape index (κ3) is 1.27. The summed E-state index contributed by atoms with van der Waals surface area (Å²) in [6.45, 7) is 6.93. The van der Waals surface area contributed by atoms with E-state index >= 15 is 0 Å². The molecule has 0 bridgehead atoms. The van der Waals surface area contributed by atoms with E-state index in [1.54, 1.807) is 11.1 Å². The summed E-state index contributed by atoms with van der Waals surface area (Å²) in [7, 11) is 0. The fraction of sp³-hybridized carbons (Fsp3) is 0.692. The van der Waals surface area contributed by atoms with E-state index in [-0.39, 0.29) is 0 Å². The van der Waals surface area contributed by atoms with Crippen LogP contribution in [0.3, 0.4) is 0 Å². The molecule has 0 heteroatoms. The predicted octanol–water partition coefficient (Wildman–Crippen LogP) is 4.09. The summed E-state index contributed by atoms with van der Waals surface area (Å²) in [5, 5.41) is 0. The van der Waals surface area contributed by atoms with Gasteiger partial charge in [-0.2, -0.15) is 0 Å². The third-order valence-corrected chi connectivity index (χ3v) is 4.03. The van der Waals surface area contributed by atoms with Gasteiger partial charge >= 0.3 is 0 Å². The summed E-state index contributed by atoms with van der Waals surface area (Å²) in [4.78, 5) is 0. The molecule has 0 nitrogen and oxygen atoms in total. The Hall–Kier alpha value is -0.520. The van der Waals surface area contributed by atoms with Crippen LogP contribution in [0.25, 0.3) is 0 Å². The van der Waals surface area contributed by atoms with Crippen molar-refractivity contribution in [1.29, 1.82) is 0 Å². The first kappa shape index (κ1) is 9.05. The molecule has 0 aliphatic heterocycles. The minimum Gasteiger partial charge on any atom is -0.0692 e. The second-order valence-corrected chi connectivity index (χ2v) is 4.70. The van der Waals surface area contributed by atoms with Crippen LogP contribution >= 0.6 is 0 Å². The molecule has 2 atom stereocenters. The average Bonchev–Trinajstić information content (AvgIpc) is 2.73. The Bertz CT molecular complexity index is 270. The molecule has 2 rings (SSSR count). The zero-order valence-corrected chi connectivity index (χ0v) is 9.06. The lowest BCUT2D eigenvalue weighted by molar-refractivity contribution is 0.498. The van der Waals surface area contributed by atoms with Crippen LogP contribution in [-0.4, -0.2) is 0 Å². The van der Waals surface area contributed by atoms with E-state index in [0.717, 1.165) is 5.92 Å². The summed E-state index contributed by atoms with van der Waals surface area (Å²) >= 11 is 0. The molecule has 1 fully saturated rings. The minimum absolute atomic E-state index is 0.628. The lowest BCUT2D eigenvalue weighted by atomic mass is 9.88. The Labute approximate surface area is 81.7 Å². The van der Waals surface area contributed by atoms with Gasteiger partial charge in [-0.05, 0) is 37.5 Å². The molecule has 0 heterocycles. The van der Waals surface area contributed by atoms with Crippen molar-refractivity contribution < 1.29 is 0 Å². The second-order valence-electron chi connectivity index (χ2n) is 4.70. The highest BCUT2D eigenvalue weighted by Gasteiger charge is 2.53. The molecule has 2 aliphatic carbocycles. The molecule has 1 saturated carbocycles. The van der Waals surface area contributed by atoms with Crippen molar-refractivity contribution in [3.8, 4) is 0 Å². The summed E-state index contributed by atoms with van der Waals surface area (Å²) in [6, 6.07) is 0. The predicted molar refractivity (Wildman–Crippen MR) is 57.6 cm³/mol. The summed E-state index contributed by atoms with van der Waals surface area (Å²) in [5.41, 5.74) is 3.90. The molecule has 0 radical (unpaired) electrons. The van der Waals surface area contributed by atoms with Gasteiger partial charge in [0.15, 0.2) is 0 Å². The van der Waals surface area contributed by atoms with Crippen molar-refractivity contribution in [2.75, 3.05) is 0 Å². The fourth-order valence-corrected chi connectivity index (χ4v) is 2.97. The average molecular weight is 176 g/mol. The van der Waals surface area contributed by atoms with Gasteiger partial charge < -0.3 is 0 Å². The lowest BCUT2D eigenvalue weighted by Gasteiger charge is -2.17. The molecule has 2 aliphatic rings. The Kier molecular flexibility index (Phi) is 2.09.